The first-order valence-corrected chi connectivity index (χ1v) is 19.0. The molecule has 0 radical (unpaired) electrons. The predicted molar refractivity (Wildman–Crippen MR) is 210 cm³/mol. The molecule has 0 bridgehead atoms. The van der Waals surface area contributed by atoms with Crippen molar-refractivity contribution in [1.29, 1.82) is 0 Å². The average Bonchev–Trinajstić information content (AvgIpc) is 3.78. The molecule has 1 saturated heterocycles. The van der Waals surface area contributed by atoms with E-state index in [0.29, 0.717) is 35.6 Å². The van der Waals surface area contributed by atoms with Crippen LogP contribution in [-0.4, -0.2) is 60.5 Å². The highest BCUT2D eigenvalue weighted by molar-refractivity contribution is 6.36. The van der Waals surface area contributed by atoms with Gasteiger partial charge in [0.15, 0.2) is 0 Å². The van der Waals surface area contributed by atoms with E-state index in [2.05, 4.69) is 65.0 Å². The summed E-state index contributed by atoms with van der Waals surface area (Å²) in [7, 11) is 5.62. The minimum atomic E-state index is 0.123. The molecule has 5 aromatic rings. The average molecular weight is 741 g/mol. The Morgan fingerprint density at radius 1 is 0.885 bits per heavy atom. The first-order valence-electron chi connectivity index (χ1n) is 18.3. The molecule has 1 saturated carbocycles. The van der Waals surface area contributed by atoms with Gasteiger partial charge in [-0.25, -0.2) is 0 Å². The van der Waals surface area contributed by atoms with Crippen LogP contribution in [0.3, 0.4) is 0 Å². The number of hydrogen-bond acceptors (Lipinski definition) is 6. The van der Waals surface area contributed by atoms with Crippen molar-refractivity contribution in [2.24, 2.45) is 0 Å². The van der Waals surface area contributed by atoms with Gasteiger partial charge in [-0.05, 0) is 67.3 Å². The minimum absolute atomic E-state index is 0.123. The third kappa shape index (κ3) is 7.81. The number of hydrogen-bond donors (Lipinski definition) is 2. The van der Waals surface area contributed by atoms with Crippen LogP contribution in [0.4, 0.5) is 0 Å². The largest absolute Gasteiger partial charge is 0.496 e. The molecule has 2 fully saturated rings. The SMILES string of the molecule is COc1cc(-c2cccc(-c3cccc4c3cnn4Cc3cc(OC)c(CN(C)C4CCCCC4)cc3Cl)c2Cl)ccc1CNCC1CCC(=O)N1. The quantitative estimate of drug-likeness (QED) is 0.126. The number of rotatable bonds is 13. The zero-order valence-corrected chi connectivity index (χ0v) is 31.7. The second-order valence-electron chi connectivity index (χ2n) is 14.1. The lowest BCUT2D eigenvalue weighted by Gasteiger charge is -2.31. The van der Waals surface area contributed by atoms with Crippen LogP contribution >= 0.6 is 23.2 Å². The van der Waals surface area contributed by atoms with E-state index >= 15 is 0 Å². The highest BCUT2D eigenvalue weighted by atomic mass is 35.5. The zero-order valence-electron chi connectivity index (χ0n) is 30.2. The van der Waals surface area contributed by atoms with Crippen LogP contribution in [-0.2, 0) is 24.4 Å². The smallest absolute Gasteiger partial charge is 0.220 e. The van der Waals surface area contributed by atoms with E-state index in [-0.39, 0.29) is 11.9 Å². The lowest BCUT2D eigenvalue weighted by atomic mass is 9.94. The van der Waals surface area contributed by atoms with Gasteiger partial charge in [-0.15, -0.1) is 0 Å². The molecule has 10 heteroatoms. The van der Waals surface area contributed by atoms with Gasteiger partial charge in [-0.3, -0.25) is 14.4 Å². The predicted octanol–water partition coefficient (Wildman–Crippen LogP) is 8.88. The van der Waals surface area contributed by atoms with Gasteiger partial charge in [0.2, 0.25) is 5.91 Å². The number of carbonyl (C=O) groups excluding carboxylic acids is 1. The molecule has 2 N–H and O–H groups in total. The Labute approximate surface area is 316 Å². The molecule has 2 heterocycles. The van der Waals surface area contributed by atoms with E-state index < -0.39 is 0 Å². The van der Waals surface area contributed by atoms with Gasteiger partial charge >= 0.3 is 0 Å². The monoisotopic (exact) mass is 739 g/mol. The van der Waals surface area contributed by atoms with Crippen LogP contribution in [0.5, 0.6) is 11.5 Å². The Kier molecular flexibility index (Phi) is 11.4. The number of amides is 1. The number of fused-ring (bicyclic) bond motifs is 1. The van der Waals surface area contributed by atoms with Crippen LogP contribution in [0.25, 0.3) is 33.2 Å². The Morgan fingerprint density at radius 2 is 1.63 bits per heavy atom. The van der Waals surface area contributed by atoms with Crippen molar-refractivity contribution < 1.29 is 14.3 Å². The van der Waals surface area contributed by atoms with E-state index in [0.717, 1.165) is 80.9 Å². The Hall–Kier alpha value is -4.08. The maximum atomic E-state index is 11.6. The fourth-order valence-corrected chi connectivity index (χ4v) is 8.43. The summed E-state index contributed by atoms with van der Waals surface area (Å²) in [6, 6.07) is 23.5. The molecule has 4 aromatic carbocycles. The second-order valence-corrected chi connectivity index (χ2v) is 14.9. The molecule has 2 aliphatic rings. The zero-order chi connectivity index (χ0) is 36.2. The number of aromatic nitrogens is 2. The van der Waals surface area contributed by atoms with E-state index in [4.69, 9.17) is 37.8 Å². The molecule has 1 aliphatic heterocycles. The molecule has 1 aliphatic carbocycles. The van der Waals surface area contributed by atoms with Crippen LogP contribution in [0.2, 0.25) is 10.0 Å². The molecule has 0 spiro atoms. The summed E-state index contributed by atoms with van der Waals surface area (Å²) in [6.45, 7) is 2.66. The third-order valence-electron chi connectivity index (χ3n) is 10.8. The van der Waals surface area contributed by atoms with Gasteiger partial charge in [0.25, 0.3) is 0 Å². The normalized spacial score (nSPS) is 16.5. The number of ether oxygens (including phenoxy) is 2. The Balaban J connectivity index is 1.11. The summed E-state index contributed by atoms with van der Waals surface area (Å²) < 4.78 is 13.7. The number of methoxy groups -OCH3 is 2. The van der Waals surface area contributed by atoms with E-state index in [1.807, 2.05) is 35.1 Å². The lowest BCUT2D eigenvalue weighted by molar-refractivity contribution is -0.119. The first kappa shape index (κ1) is 36.3. The standard InChI is InChI=1S/C42H47Cl2N5O3/c1-48(32-9-5-4-6-10-32)25-30-19-37(43)29(21-40(30)52-3)26-49-38-14-8-12-34(36(38)24-46-49)35-13-7-11-33(42(35)44)27-15-16-28(39(20-27)51-2)22-45-23-31-17-18-41(50)47-31/h7-8,11-16,19-21,24,31-32,45H,4-6,9-10,17-18,22-23,25-26H2,1-3H3,(H,47,50). The van der Waals surface area contributed by atoms with Crippen LogP contribution in [0.1, 0.15) is 61.6 Å². The van der Waals surface area contributed by atoms with E-state index in [1.165, 1.54) is 32.1 Å². The van der Waals surface area contributed by atoms with Crippen molar-refractivity contribution in [3.8, 4) is 33.8 Å². The van der Waals surface area contributed by atoms with Crippen molar-refractivity contribution in [2.75, 3.05) is 27.8 Å². The first-order chi connectivity index (χ1) is 25.3. The van der Waals surface area contributed by atoms with Crippen molar-refractivity contribution in [3.05, 3.63) is 99.7 Å². The summed E-state index contributed by atoms with van der Waals surface area (Å²) in [6.07, 6.45) is 9.81. The summed E-state index contributed by atoms with van der Waals surface area (Å²) in [4.78, 5) is 14.0. The number of carbonyl (C=O) groups is 1. The Morgan fingerprint density at radius 3 is 2.40 bits per heavy atom. The molecule has 1 amide bonds. The topological polar surface area (TPSA) is 80.7 Å². The van der Waals surface area contributed by atoms with Crippen LogP contribution in [0, 0.1) is 0 Å². The van der Waals surface area contributed by atoms with Gasteiger partial charge in [-0.2, -0.15) is 5.10 Å². The summed E-state index contributed by atoms with van der Waals surface area (Å²) in [5.74, 6) is 1.76. The van der Waals surface area contributed by atoms with E-state index in [1.54, 1.807) is 14.2 Å². The van der Waals surface area contributed by atoms with Gasteiger partial charge in [0, 0.05) is 70.8 Å². The Bertz CT molecular complexity index is 2060. The highest BCUT2D eigenvalue weighted by Crippen LogP contribution is 2.41. The van der Waals surface area contributed by atoms with Crippen LogP contribution < -0.4 is 20.1 Å². The molecule has 52 heavy (non-hydrogen) atoms. The van der Waals surface area contributed by atoms with Crippen LogP contribution in [0.15, 0.2) is 72.9 Å². The molecule has 7 rings (SSSR count). The van der Waals surface area contributed by atoms with Gasteiger partial charge in [-0.1, -0.05) is 84.9 Å². The fraction of sp³-hybridized carbons (Fsp3) is 0.381. The van der Waals surface area contributed by atoms with Crippen molar-refractivity contribution >= 4 is 40.0 Å². The lowest BCUT2D eigenvalue weighted by Crippen LogP contribution is -2.35. The molecular formula is C42H47Cl2N5O3. The number of nitrogens with one attached hydrogen (secondary N) is 2. The minimum Gasteiger partial charge on any atom is -0.496 e. The summed E-state index contributed by atoms with van der Waals surface area (Å²) in [5, 5.41) is 13.7. The molecule has 1 aromatic heterocycles. The van der Waals surface area contributed by atoms with E-state index in [9.17, 15) is 4.79 Å². The summed E-state index contributed by atoms with van der Waals surface area (Å²) >= 11 is 14.2. The van der Waals surface area contributed by atoms with Crippen molar-refractivity contribution in [3.63, 3.8) is 0 Å². The fourth-order valence-electron chi connectivity index (χ4n) is 7.85. The highest BCUT2D eigenvalue weighted by Gasteiger charge is 2.22. The number of nitrogens with zero attached hydrogens (tertiary/aromatic N) is 3. The van der Waals surface area contributed by atoms with Crippen molar-refractivity contribution in [2.45, 2.75) is 76.7 Å². The maximum absolute atomic E-state index is 11.6. The molecule has 272 valence electrons. The number of halogens is 2. The molecular weight excluding hydrogens is 693 g/mol. The second kappa shape index (κ2) is 16.3. The molecule has 8 nitrogen and oxygen atoms in total. The van der Waals surface area contributed by atoms with Gasteiger partial charge in [0.1, 0.15) is 11.5 Å². The van der Waals surface area contributed by atoms with Crippen molar-refractivity contribution in [1.82, 2.24) is 25.3 Å². The van der Waals surface area contributed by atoms with Gasteiger partial charge in [0.05, 0.1) is 37.5 Å². The third-order valence-corrected chi connectivity index (χ3v) is 11.5. The molecule has 1 unspecified atom stereocenters. The summed E-state index contributed by atoms with van der Waals surface area (Å²) in [5.41, 5.74) is 7.91. The van der Waals surface area contributed by atoms with Gasteiger partial charge < -0.3 is 20.1 Å². The maximum Gasteiger partial charge on any atom is 0.220 e. The molecule has 1 atom stereocenters. The number of benzene rings is 4.